The number of hydrogen-bond donors (Lipinski definition) is 1. The van der Waals surface area contributed by atoms with Crippen LogP contribution < -0.4 is 5.32 Å². The molecule has 0 fully saturated rings. The highest BCUT2D eigenvalue weighted by Gasteiger charge is 2.11. The molecule has 22 heavy (non-hydrogen) atoms. The molecule has 1 N–H and O–H groups in total. The normalized spacial score (nSPS) is 10.6. The quantitative estimate of drug-likeness (QED) is 0.776. The van der Waals surface area contributed by atoms with Crippen molar-refractivity contribution in [1.29, 1.82) is 0 Å². The zero-order chi connectivity index (χ0) is 15.4. The lowest BCUT2D eigenvalue weighted by molar-refractivity contribution is -0.116. The third kappa shape index (κ3) is 3.38. The number of hydrogen-bond acceptors (Lipinski definition) is 5. The lowest BCUT2D eigenvalue weighted by Crippen LogP contribution is -2.19. The number of aromatic nitrogens is 4. The van der Waals surface area contributed by atoms with Crippen LogP contribution in [-0.4, -0.2) is 25.8 Å². The number of anilines is 1. The van der Waals surface area contributed by atoms with E-state index in [1.54, 1.807) is 30.1 Å². The summed E-state index contributed by atoms with van der Waals surface area (Å²) in [6, 6.07) is 9.32. The predicted molar refractivity (Wildman–Crippen MR) is 79.1 cm³/mol. The van der Waals surface area contributed by atoms with Gasteiger partial charge in [-0.15, -0.1) is 0 Å². The third-order valence-electron chi connectivity index (χ3n) is 3.07. The third-order valence-corrected chi connectivity index (χ3v) is 3.07. The molecule has 0 atom stereocenters. The molecule has 112 valence electrons. The molecule has 0 spiro atoms. The van der Waals surface area contributed by atoms with Gasteiger partial charge in [0.15, 0.2) is 5.82 Å². The van der Waals surface area contributed by atoms with Crippen LogP contribution in [0.5, 0.6) is 0 Å². The fraction of sp³-hybridized carbons (Fsp3) is 0.200. The van der Waals surface area contributed by atoms with Gasteiger partial charge in [-0.1, -0.05) is 23.4 Å². The van der Waals surface area contributed by atoms with Crippen LogP contribution >= 0.6 is 0 Å². The minimum atomic E-state index is -0.141. The van der Waals surface area contributed by atoms with Crippen LogP contribution in [-0.2, 0) is 17.8 Å². The lowest BCUT2D eigenvalue weighted by Gasteiger charge is -2.09. The Bertz CT molecular complexity index is 764. The van der Waals surface area contributed by atoms with Crippen molar-refractivity contribution in [3.8, 4) is 0 Å². The number of benzene rings is 1. The van der Waals surface area contributed by atoms with Gasteiger partial charge >= 0.3 is 0 Å². The minimum Gasteiger partial charge on any atom is -0.339 e. The Morgan fingerprint density at radius 3 is 2.91 bits per heavy atom. The van der Waals surface area contributed by atoms with Gasteiger partial charge in [-0.25, -0.2) is 0 Å². The molecule has 0 bridgehead atoms. The van der Waals surface area contributed by atoms with Gasteiger partial charge in [0.2, 0.25) is 11.8 Å². The summed E-state index contributed by atoms with van der Waals surface area (Å²) in [5.74, 6) is 0.972. The molecule has 1 aromatic carbocycles. The van der Waals surface area contributed by atoms with Gasteiger partial charge in [0.05, 0.1) is 6.42 Å². The number of carbonyl (C=O) groups is 1. The fourth-order valence-corrected chi connectivity index (χ4v) is 2.10. The molecule has 2 aromatic heterocycles. The first-order valence-electron chi connectivity index (χ1n) is 6.85. The largest absolute Gasteiger partial charge is 0.339 e. The summed E-state index contributed by atoms with van der Waals surface area (Å²) in [5, 5.41) is 10.7. The highest BCUT2D eigenvalue weighted by molar-refractivity contribution is 5.91. The van der Waals surface area contributed by atoms with E-state index in [0.717, 1.165) is 11.3 Å². The number of nitrogens with zero attached hydrogens (tertiary/aromatic N) is 4. The maximum absolute atomic E-state index is 12.1. The van der Waals surface area contributed by atoms with Gasteiger partial charge in [-0.3, -0.25) is 9.48 Å². The van der Waals surface area contributed by atoms with Crippen molar-refractivity contribution < 1.29 is 9.32 Å². The summed E-state index contributed by atoms with van der Waals surface area (Å²) in [4.78, 5) is 16.2. The first-order chi connectivity index (χ1) is 10.7. The predicted octanol–water partition coefficient (Wildman–Crippen LogP) is 1.80. The Hall–Kier alpha value is -2.96. The van der Waals surface area contributed by atoms with E-state index < -0.39 is 0 Å². The molecule has 7 nitrogen and oxygen atoms in total. The Balaban J connectivity index is 1.72. The molecule has 0 radical (unpaired) electrons. The zero-order valence-corrected chi connectivity index (χ0v) is 12.1. The van der Waals surface area contributed by atoms with Crippen LogP contribution in [0.25, 0.3) is 0 Å². The Morgan fingerprint density at radius 1 is 1.32 bits per heavy atom. The molecule has 3 aromatic rings. The molecule has 0 aliphatic rings. The van der Waals surface area contributed by atoms with E-state index in [1.807, 2.05) is 24.3 Å². The summed E-state index contributed by atoms with van der Waals surface area (Å²) in [5.41, 5.74) is 1.65. The van der Waals surface area contributed by atoms with E-state index in [9.17, 15) is 4.79 Å². The number of para-hydroxylation sites is 1. The maximum Gasteiger partial charge on any atom is 0.246 e. The zero-order valence-electron chi connectivity index (χ0n) is 12.1. The van der Waals surface area contributed by atoms with Crippen molar-refractivity contribution >= 4 is 11.6 Å². The van der Waals surface area contributed by atoms with E-state index in [4.69, 9.17) is 4.52 Å². The van der Waals surface area contributed by atoms with E-state index in [0.29, 0.717) is 18.1 Å². The van der Waals surface area contributed by atoms with Crippen molar-refractivity contribution in [3.05, 3.63) is 60.0 Å². The molecule has 0 saturated carbocycles. The maximum atomic E-state index is 12.1. The van der Waals surface area contributed by atoms with E-state index in [1.165, 1.54) is 0 Å². The summed E-state index contributed by atoms with van der Waals surface area (Å²) < 4.78 is 6.69. The number of aryl methyl sites for hydroxylation is 1. The standard InChI is InChI=1S/C15H15N5O2/c1-11-17-15(22-19-11)9-12-5-2-3-6-13(12)18-14(21)10-20-8-4-7-16-20/h2-8H,9-10H2,1H3,(H,18,21). The van der Waals surface area contributed by atoms with Gasteiger partial charge in [-0.2, -0.15) is 10.1 Å². The van der Waals surface area contributed by atoms with Crippen LogP contribution in [0.3, 0.4) is 0 Å². The summed E-state index contributed by atoms with van der Waals surface area (Å²) in [6.45, 7) is 1.94. The van der Waals surface area contributed by atoms with E-state index in [2.05, 4.69) is 20.6 Å². The van der Waals surface area contributed by atoms with Gasteiger partial charge in [0.1, 0.15) is 6.54 Å². The second-order valence-corrected chi connectivity index (χ2v) is 4.82. The fourth-order valence-electron chi connectivity index (χ4n) is 2.10. The van der Waals surface area contributed by atoms with Crippen LogP contribution in [0.4, 0.5) is 5.69 Å². The van der Waals surface area contributed by atoms with Gasteiger partial charge in [0.25, 0.3) is 0 Å². The topological polar surface area (TPSA) is 85.8 Å². The molecule has 7 heteroatoms. The van der Waals surface area contributed by atoms with Crippen molar-refractivity contribution in [3.63, 3.8) is 0 Å². The molecular weight excluding hydrogens is 282 g/mol. The minimum absolute atomic E-state index is 0.141. The number of nitrogens with one attached hydrogen (secondary N) is 1. The van der Waals surface area contributed by atoms with Crippen LogP contribution in [0.1, 0.15) is 17.3 Å². The summed E-state index contributed by atoms with van der Waals surface area (Å²) in [6.07, 6.45) is 3.85. The molecule has 3 rings (SSSR count). The van der Waals surface area contributed by atoms with Gasteiger partial charge in [-0.05, 0) is 24.6 Å². The van der Waals surface area contributed by atoms with Crippen LogP contribution in [0.15, 0.2) is 47.2 Å². The Labute approximate surface area is 127 Å². The van der Waals surface area contributed by atoms with Gasteiger partial charge in [0, 0.05) is 18.1 Å². The second kappa shape index (κ2) is 6.21. The molecular formula is C15H15N5O2. The van der Waals surface area contributed by atoms with Crippen molar-refractivity contribution in [2.45, 2.75) is 19.9 Å². The Kier molecular flexibility index (Phi) is 3.95. The molecule has 0 aliphatic heterocycles. The number of carbonyl (C=O) groups excluding carboxylic acids is 1. The smallest absolute Gasteiger partial charge is 0.246 e. The van der Waals surface area contributed by atoms with E-state index >= 15 is 0 Å². The van der Waals surface area contributed by atoms with Gasteiger partial charge < -0.3 is 9.84 Å². The van der Waals surface area contributed by atoms with Crippen LogP contribution in [0, 0.1) is 6.92 Å². The van der Waals surface area contributed by atoms with Crippen molar-refractivity contribution in [2.24, 2.45) is 0 Å². The molecule has 2 heterocycles. The SMILES string of the molecule is Cc1noc(Cc2ccccc2NC(=O)Cn2cccn2)n1. The Morgan fingerprint density at radius 2 is 2.18 bits per heavy atom. The average molecular weight is 297 g/mol. The highest BCUT2D eigenvalue weighted by Crippen LogP contribution is 2.18. The van der Waals surface area contributed by atoms with E-state index in [-0.39, 0.29) is 12.5 Å². The molecule has 0 aliphatic carbocycles. The first-order valence-corrected chi connectivity index (χ1v) is 6.85. The first kappa shape index (κ1) is 14.0. The number of amides is 1. The lowest BCUT2D eigenvalue weighted by atomic mass is 10.1. The molecule has 0 saturated heterocycles. The molecule has 0 unspecified atom stereocenters. The summed E-state index contributed by atoms with van der Waals surface area (Å²) >= 11 is 0. The van der Waals surface area contributed by atoms with Crippen molar-refractivity contribution in [1.82, 2.24) is 19.9 Å². The average Bonchev–Trinajstić information content (AvgIpc) is 3.13. The highest BCUT2D eigenvalue weighted by atomic mass is 16.5. The number of rotatable bonds is 5. The monoisotopic (exact) mass is 297 g/mol. The second-order valence-electron chi connectivity index (χ2n) is 4.82. The van der Waals surface area contributed by atoms with Crippen molar-refractivity contribution in [2.75, 3.05) is 5.32 Å². The van der Waals surface area contributed by atoms with Crippen LogP contribution in [0.2, 0.25) is 0 Å². The summed E-state index contributed by atoms with van der Waals surface area (Å²) in [7, 11) is 0. The molecule has 1 amide bonds.